The quantitative estimate of drug-likeness (QED) is 0.746. The molecule has 6 heteroatoms. The molecule has 1 aliphatic heterocycles. The molecule has 0 atom stereocenters. The summed E-state index contributed by atoms with van der Waals surface area (Å²) < 4.78 is 5.35. The third-order valence-corrected chi connectivity index (χ3v) is 3.89. The van der Waals surface area contributed by atoms with Gasteiger partial charge in [-0.2, -0.15) is 4.98 Å². The van der Waals surface area contributed by atoms with Crippen LogP contribution in [0.5, 0.6) is 0 Å². The Bertz CT molecular complexity index is 551. The topological polar surface area (TPSA) is 38.2 Å². The zero-order valence-corrected chi connectivity index (χ0v) is 11.0. The minimum atomic E-state index is 0.320. The molecule has 2 aromatic heterocycles. The van der Waals surface area contributed by atoms with Gasteiger partial charge in [-0.15, -0.1) is 11.3 Å². The zero-order valence-electron chi connectivity index (χ0n) is 9.44. The first-order valence-corrected chi connectivity index (χ1v) is 6.70. The Labute approximate surface area is 108 Å². The number of rotatable bonds is 1. The van der Waals surface area contributed by atoms with Crippen molar-refractivity contribution >= 4 is 39.0 Å². The van der Waals surface area contributed by atoms with Crippen molar-refractivity contribution in [3.63, 3.8) is 0 Å². The Morgan fingerprint density at radius 3 is 2.88 bits per heavy atom. The number of halogens is 1. The van der Waals surface area contributed by atoms with Crippen LogP contribution in [0.2, 0.25) is 5.28 Å². The SMILES string of the molecule is Cc1cc2c(N3CCOCC3)nc(Cl)nc2s1. The molecule has 0 saturated carbocycles. The summed E-state index contributed by atoms with van der Waals surface area (Å²) in [6, 6.07) is 2.13. The second-order valence-corrected chi connectivity index (χ2v) is 5.56. The molecule has 0 unspecified atom stereocenters. The van der Waals surface area contributed by atoms with Crippen LogP contribution in [0.1, 0.15) is 4.88 Å². The fourth-order valence-electron chi connectivity index (χ4n) is 2.02. The summed E-state index contributed by atoms with van der Waals surface area (Å²) >= 11 is 7.63. The third kappa shape index (κ3) is 2.10. The average Bonchev–Trinajstić information content (AvgIpc) is 2.69. The van der Waals surface area contributed by atoms with E-state index in [1.807, 2.05) is 0 Å². The lowest BCUT2D eigenvalue weighted by molar-refractivity contribution is 0.122. The molecule has 4 nitrogen and oxygen atoms in total. The molecule has 3 rings (SSSR count). The van der Waals surface area contributed by atoms with Gasteiger partial charge in [0.2, 0.25) is 5.28 Å². The van der Waals surface area contributed by atoms with E-state index in [1.54, 1.807) is 11.3 Å². The van der Waals surface area contributed by atoms with Crippen molar-refractivity contribution in [2.75, 3.05) is 31.2 Å². The minimum Gasteiger partial charge on any atom is -0.378 e. The predicted molar refractivity (Wildman–Crippen MR) is 70.2 cm³/mol. The monoisotopic (exact) mass is 269 g/mol. The Kier molecular flexibility index (Phi) is 2.90. The molecule has 0 amide bonds. The molecule has 0 bridgehead atoms. The lowest BCUT2D eigenvalue weighted by Gasteiger charge is -2.28. The van der Waals surface area contributed by atoms with Crippen molar-refractivity contribution in [2.45, 2.75) is 6.92 Å². The Balaban J connectivity index is 2.12. The summed E-state index contributed by atoms with van der Waals surface area (Å²) in [7, 11) is 0. The van der Waals surface area contributed by atoms with Gasteiger partial charge in [-0.25, -0.2) is 4.98 Å². The normalized spacial score (nSPS) is 16.7. The average molecular weight is 270 g/mol. The number of anilines is 1. The highest BCUT2D eigenvalue weighted by Gasteiger charge is 2.18. The highest BCUT2D eigenvalue weighted by molar-refractivity contribution is 7.18. The number of morpholine rings is 1. The third-order valence-electron chi connectivity index (χ3n) is 2.78. The van der Waals surface area contributed by atoms with Crippen LogP contribution in [0.15, 0.2) is 6.07 Å². The van der Waals surface area contributed by atoms with E-state index in [9.17, 15) is 0 Å². The maximum absolute atomic E-state index is 5.98. The second-order valence-electron chi connectivity index (χ2n) is 3.99. The van der Waals surface area contributed by atoms with E-state index in [0.717, 1.165) is 42.3 Å². The number of thiophene rings is 1. The number of hydrogen-bond donors (Lipinski definition) is 0. The molecular formula is C11H12ClN3OS. The maximum Gasteiger partial charge on any atom is 0.225 e. The summed E-state index contributed by atoms with van der Waals surface area (Å²) in [4.78, 5) is 13.0. The fourth-order valence-corrected chi connectivity index (χ4v) is 3.11. The summed E-state index contributed by atoms with van der Waals surface area (Å²) in [5.41, 5.74) is 0. The summed E-state index contributed by atoms with van der Waals surface area (Å²) in [6.07, 6.45) is 0. The molecule has 17 heavy (non-hydrogen) atoms. The predicted octanol–water partition coefficient (Wildman–Crippen LogP) is 2.49. The first-order chi connectivity index (χ1) is 8.24. The minimum absolute atomic E-state index is 0.320. The van der Waals surface area contributed by atoms with Gasteiger partial charge in [0.15, 0.2) is 0 Å². The molecule has 1 aliphatic rings. The number of nitrogens with zero attached hydrogens (tertiary/aromatic N) is 3. The Morgan fingerprint density at radius 2 is 2.12 bits per heavy atom. The van der Waals surface area contributed by atoms with Crippen LogP contribution in [0.25, 0.3) is 10.2 Å². The van der Waals surface area contributed by atoms with Crippen LogP contribution < -0.4 is 4.90 Å². The van der Waals surface area contributed by atoms with Crippen LogP contribution >= 0.6 is 22.9 Å². The van der Waals surface area contributed by atoms with E-state index >= 15 is 0 Å². The zero-order chi connectivity index (χ0) is 11.8. The van der Waals surface area contributed by atoms with Crippen molar-refractivity contribution in [1.29, 1.82) is 0 Å². The molecule has 0 radical (unpaired) electrons. The Hall–Kier alpha value is -0.910. The number of fused-ring (bicyclic) bond motifs is 1. The van der Waals surface area contributed by atoms with Crippen molar-refractivity contribution in [2.24, 2.45) is 0 Å². The van der Waals surface area contributed by atoms with E-state index in [0.29, 0.717) is 5.28 Å². The lowest BCUT2D eigenvalue weighted by Crippen LogP contribution is -2.36. The van der Waals surface area contributed by atoms with Crippen molar-refractivity contribution in [3.8, 4) is 0 Å². The van der Waals surface area contributed by atoms with Gasteiger partial charge in [-0.05, 0) is 24.6 Å². The molecule has 0 spiro atoms. The first kappa shape index (κ1) is 11.2. The molecule has 0 aromatic carbocycles. The summed E-state index contributed by atoms with van der Waals surface area (Å²) in [6.45, 7) is 5.27. The van der Waals surface area contributed by atoms with Gasteiger partial charge in [0, 0.05) is 18.0 Å². The lowest BCUT2D eigenvalue weighted by atomic mass is 10.3. The van der Waals surface area contributed by atoms with Gasteiger partial charge in [0.1, 0.15) is 10.6 Å². The molecule has 0 aliphatic carbocycles. The standard InChI is InChI=1S/C11H12ClN3OS/c1-7-6-8-9(15-2-4-16-5-3-15)13-11(12)14-10(8)17-7/h6H,2-5H2,1H3. The number of aromatic nitrogens is 2. The smallest absolute Gasteiger partial charge is 0.225 e. The maximum atomic E-state index is 5.98. The van der Waals surface area contributed by atoms with Gasteiger partial charge < -0.3 is 9.64 Å². The van der Waals surface area contributed by atoms with Crippen LogP contribution in [0.4, 0.5) is 5.82 Å². The number of hydrogen-bond acceptors (Lipinski definition) is 5. The van der Waals surface area contributed by atoms with E-state index in [4.69, 9.17) is 16.3 Å². The highest BCUT2D eigenvalue weighted by atomic mass is 35.5. The fraction of sp³-hybridized carbons (Fsp3) is 0.455. The summed E-state index contributed by atoms with van der Waals surface area (Å²) in [5.74, 6) is 0.938. The second kappa shape index (κ2) is 4.40. The molecular weight excluding hydrogens is 258 g/mol. The van der Waals surface area contributed by atoms with Crippen molar-refractivity contribution in [3.05, 3.63) is 16.2 Å². The van der Waals surface area contributed by atoms with Crippen molar-refractivity contribution < 1.29 is 4.74 Å². The first-order valence-electron chi connectivity index (χ1n) is 5.50. The van der Waals surface area contributed by atoms with E-state index in [1.165, 1.54) is 4.88 Å². The number of ether oxygens (including phenoxy) is 1. The molecule has 2 aromatic rings. The molecule has 0 N–H and O–H groups in total. The van der Waals surface area contributed by atoms with Gasteiger partial charge >= 0.3 is 0 Å². The van der Waals surface area contributed by atoms with Gasteiger partial charge in [0.25, 0.3) is 0 Å². The van der Waals surface area contributed by atoms with Gasteiger partial charge in [0.05, 0.1) is 18.6 Å². The van der Waals surface area contributed by atoms with E-state index in [2.05, 4.69) is 27.9 Å². The molecule has 90 valence electrons. The molecule has 1 fully saturated rings. The number of aryl methyl sites for hydroxylation is 1. The van der Waals surface area contributed by atoms with Crippen LogP contribution in [0, 0.1) is 6.92 Å². The molecule has 1 saturated heterocycles. The van der Waals surface area contributed by atoms with E-state index in [-0.39, 0.29) is 0 Å². The van der Waals surface area contributed by atoms with Crippen LogP contribution in [-0.4, -0.2) is 36.3 Å². The van der Waals surface area contributed by atoms with Crippen molar-refractivity contribution in [1.82, 2.24) is 9.97 Å². The van der Waals surface area contributed by atoms with Crippen LogP contribution in [0.3, 0.4) is 0 Å². The van der Waals surface area contributed by atoms with E-state index < -0.39 is 0 Å². The van der Waals surface area contributed by atoms with Gasteiger partial charge in [-0.3, -0.25) is 0 Å². The van der Waals surface area contributed by atoms with Crippen LogP contribution in [-0.2, 0) is 4.74 Å². The molecule has 3 heterocycles. The Morgan fingerprint density at radius 1 is 1.35 bits per heavy atom. The largest absolute Gasteiger partial charge is 0.378 e. The highest BCUT2D eigenvalue weighted by Crippen LogP contribution is 2.31. The summed E-state index contributed by atoms with van der Waals surface area (Å²) in [5, 5.41) is 1.42. The van der Waals surface area contributed by atoms with Gasteiger partial charge in [-0.1, -0.05) is 0 Å².